The number of para-hydroxylation sites is 3. The number of aryl methyl sites for hydroxylation is 1. The number of hydrogen-bond donors (Lipinski definition) is 0. The van der Waals surface area contributed by atoms with Gasteiger partial charge in [-0.05, 0) is 107 Å². The minimum atomic E-state index is 0.220. The average molecular weight is 583 g/mol. The maximum Gasteiger partial charge on any atom is 0.0859 e. The molecule has 220 valence electrons. The van der Waals surface area contributed by atoms with Crippen LogP contribution in [0.5, 0.6) is 0 Å². The van der Waals surface area contributed by atoms with Gasteiger partial charge in [0.1, 0.15) is 0 Å². The second kappa shape index (κ2) is 11.7. The van der Waals surface area contributed by atoms with Gasteiger partial charge in [-0.2, -0.15) is 0 Å². The van der Waals surface area contributed by atoms with E-state index in [-0.39, 0.29) is 5.92 Å². The Balaban J connectivity index is 1.28. The molecule has 7 rings (SSSR count). The molecule has 0 spiro atoms. The fourth-order valence-electron chi connectivity index (χ4n) is 7.06. The van der Waals surface area contributed by atoms with E-state index < -0.39 is 0 Å². The molecule has 1 atom stereocenters. The highest BCUT2D eigenvalue weighted by molar-refractivity contribution is 5.90. The molecule has 0 aromatic heterocycles. The van der Waals surface area contributed by atoms with E-state index in [1.54, 1.807) is 0 Å². The molecular formula is C43H38N2. The number of rotatable bonds is 6. The van der Waals surface area contributed by atoms with Crippen molar-refractivity contribution in [2.75, 3.05) is 4.90 Å². The van der Waals surface area contributed by atoms with Crippen LogP contribution in [0.1, 0.15) is 46.2 Å². The summed E-state index contributed by atoms with van der Waals surface area (Å²) in [6, 6.07) is 46.3. The lowest BCUT2D eigenvalue weighted by Gasteiger charge is -2.34. The van der Waals surface area contributed by atoms with E-state index in [0.717, 1.165) is 17.9 Å². The molecule has 2 nitrogen and oxygen atoms in total. The Morgan fingerprint density at radius 2 is 1.18 bits per heavy atom. The van der Waals surface area contributed by atoms with Crippen LogP contribution in [-0.4, -0.2) is 6.72 Å². The lowest BCUT2D eigenvalue weighted by atomic mass is 9.82. The van der Waals surface area contributed by atoms with Crippen molar-refractivity contribution in [3.8, 4) is 33.4 Å². The summed E-state index contributed by atoms with van der Waals surface area (Å²) in [5, 5.41) is 0. The molecule has 6 aromatic carbocycles. The second-order valence-electron chi connectivity index (χ2n) is 12.2. The molecule has 0 aliphatic carbocycles. The standard InChI is InChI=1S/C43H38N2/c1-28-14-6-7-15-34(28)36-24-25-37(30(3)29(36)2)38-17-9-8-16-35(38)31(4)32-22-23-33-27-45(43-21-13-11-19-41(43)44-5)42-20-12-10-18-39(42)40(33)26-32/h6-26,31H,5,27H2,1-4H3. The molecule has 0 bridgehead atoms. The van der Waals surface area contributed by atoms with E-state index in [1.165, 1.54) is 72.4 Å². The van der Waals surface area contributed by atoms with Gasteiger partial charge >= 0.3 is 0 Å². The first-order chi connectivity index (χ1) is 22.0. The molecule has 0 fully saturated rings. The summed E-state index contributed by atoms with van der Waals surface area (Å²) in [5.74, 6) is 0.220. The number of fused-ring (bicyclic) bond motifs is 3. The molecule has 0 saturated heterocycles. The van der Waals surface area contributed by atoms with Gasteiger partial charge in [-0.3, -0.25) is 4.99 Å². The van der Waals surface area contributed by atoms with Crippen LogP contribution < -0.4 is 4.90 Å². The minimum absolute atomic E-state index is 0.220. The van der Waals surface area contributed by atoms with Crippen molar-refractivity contribution in [1.82, 2.24) is 0 Å². The van der Waals surface area contributed by atoms with E-state index in [1.807, 2.05) is 12.1 Å². The van der Waals surface area contributed by atoms with E-state index in [9.17, 15) is 0 Å². The highest BCUT2D eigenvalue weighted by Crippen LogP contribution is 2.46. The van der Waals surface area contributed by atoms with E-state index in [4.69, 9.17) is 0 Å². The fourth-order valence-corrected chi connectivity index (χ4v) is 7.06. The van der Waals surface area contributed by atoms with Crippen LogP contribution in [0.4, 0.5) is 17.1 Å². The lowest BCUT2D eigenvalue weighted by Crippen LogP contribution is -2.21. The van der Waals surface area contributed by atoms with Crippen molar-refractivity contribution < 1.29 is 0 Å². The Labute approximate surface area is 267 Å². The van der Waals surface area contributed by atoms with Crippen molar-refractivity contribution in [3.05, 3.63) is 161 Å². The molecule has 0 amide bonds. The summed E-state index contributed by atoms with van der Waals surface area (Å²) in [5.41, 5.74) is 18.9. The Hall–Kier alpha value is -5.21. The van der Waals surface area contributed by atoms with Gasteiger partial charge < -0.3 is 4.90 Å². The van der Waals surface area contributed by atoms with Gasteiger partial charge in [0.15, 0.2) is 0 Å². The molecule has 1 aliphatic heterocycles. The zero-order valence-electron chi connectivity index (χ0n) is 26.5. The fraction of sp³-hybridized carbons (Fsp3) is 0.140. The van der Waals surface area contributed by atoms with Crippen molar-refractivity contribution >= 4 is 23.8 Å². The zero-order valence-corrected chi connectivity index (χ0v) is 26.5. The average Bonchev–Trinajstić information content (AvgIpc) is 3.09. The molecule has 1 heterocycles. The topological polar surface area (TPSA) is 15.6 Å². The monoisotopic (exact) mass is 582 g/mol. The van der Waals surface area contributed by atoms with Crippen molar-refractivity contribution in [3.63, 3.8) is 0 Å². The Bertz CT molecular complexity index is 2070. The third kappa shape index (κ3) is 4.97. The molecular weight excluding hydrogens is 544 g/mol. The summed E-state index contributed by atoms with van der Waals surface area (Å²) in [4.78, 5) is 6.69. The Morgan fingerprint density at radius 1 is 0.578 bits per heavy atom. The molecule has 45 heavy (non-hydrogen) atoms. The van der Waals surface area contributed by atoms with Gasteiger partial charge in [0.2, 0.25) is 0 Å². The van der Waals surface area contributed by atoms with Gasteiger partial charge in [0.25, 0.3) is 0 Å². The number of nitrogens with zero attached hydrogens (tertiary/aromatic N) is 2. The Morgan fingerprint density at radius 3 is 1.91 bits per heavy atom. The van der Waals surface area contributed by atoms with Crippen LogP contribution in [-0.2, 0) is 6.54 Å². The second-order valence-corrected chi connectivity index (χ2v) is 12.2. The number of anilines is 2. The number of hydrogen-bond acceptors (Lipinski definition) is 2. The predicted molar refractivity (Wildman–Crippen MR) is 192 cm³/mol. The predicted octanol–water partition coefficient (Wildman–Crippen LogP) is 11.7. The quantitative estimate of drug-likeness (QED) is 0.178. The first kappa shape index (κ1) is 28.6. The van der Waals surface area contributed by atoms with Gasteiger partial charge in [-0.15, -0.1) is 0 Å². The SMILES string of the molecule is C=Nc1ccccc1N1Cc2ccc(C(C)c3ccccc3-c3ccc(-c4ccccc4C)c(C)c3C)cc2-c2ccccc21. The third-order valence-corrected chi connectivity index (χ3v) is 9.73. The van der Waals surface area contributed by atoms with Gasteiger partial charge in [-0.25, -0.2) is 0 Å². The number of benzene rings is 6. The summed E-state index contributed by atoms with van der Waals surface area (Å²) in [7, 11) is 0. The van der Waals surface area contributed by atoms with E-state index in [0.29, 0.717) is 0 Å². The van der Waals surface area contributed by atoms with Crippen molar-refractivity contribution in [1.29, 1.82) is 0 Å². The smallest absolute Gasteiger partial charge is 0.0859 e. The van der Waals surface area contributed by atoms with Crippen LogP contribution in [0.2, 0.25) is 0 Å². The maximum absolute atomic E-state index is 4.32. The van der Waals surface area contributed by atoms with E-state index in [2.05, 4.69) is 160 Å². The summed E-state index contributed by atoms with van der Waals surface area (Å²) in [6.45, 7) is 13.7. The van der Waals surface area contributed by atoms with Crippen LogP contribution in [0, 0.1) is 20.8 Å². The minimum Gasteiger partial charge on any atom is -0.335 e. The molecule has 1 unspecified atom stereocenters. The highest BCUT2D eigenvalue weighted by Gasteiger charge is 2.26. The van der Waals surface area contributed by atoms with Crippen LogP contribution >= 0.6 is 0 Å². The Kier molecular flexibility index (Phi) is 7.43. The van der Waals surface area contributed by atoms with Crippen molar-refractivity contribution in [2.45, 2.75) is 40.2 Å². The van der Waals surface area contributed by atoms with Crippen molar-refractivity contribution in [2.24, 2.45) is 4.99 Å². The highest BCUT2D eigenvalue weighted by atomic mass is 15.2. The molecule has 2 heteroatoms. The maximum atomic E-state index is 4.32. The first-order valence-corrected chi connectivity index (χ1v) is 15.8. The lowest BCUT2D eigenvalue weighted by molar-refractivity contribution is 0.913. The van der Waals surface area contributed by atoms with Crippen LogP contribution in [0.25, 0.3) is 33.4 Å². The van der Waals surface area contributed by atoms with Crippen LogP contribution in [0.3, 0.4) is 0 Å². The van der Waals surface area contributed by atoms with Gasteiger partial charge in [0, 0.05) is 23.7 Å². The first-order valence-electron chi connectivity index (χ1n) is 15.8. The normalized spacial score (nSPS) is 12.8. The molecule has 0 saturated carbocycles. The summed E-state index contributed by atoms with van der Waals surface area (Å²) in [6.07, 6.45) is 0. The molecule has 6 aromatic rings. The number of aliphatic imine (C=N–C) groups is 1. The summed E-state index contributed by atoms with van der Waals surface area (Å²) < 4.78 is 0. The molecule has 0 radical (unpaired) electrons. The third-order valence-electron chi connectivity index (χ3n) is 9.73. The molecule has 1 aliphatic rings. The van der Waals surface area contributed by atoms with Crippen LogP contribution in [0.15, 0.2) is 132 Å². The largest absolute Gasteiger partial charge is 0.335 e. The van der Waals surface area contributed by atoms with Gasteiger partial charge in [0.05, 0.1) is 11.4 Å². The molecule has 0 N–H and O–H groups in total. The van der Waals surface area contributed by atoms with Gasteiger partial charge in [-0.1, -0.05) is 116 Å². The zero-order chi connectivity index (χ0) is 31.1. The summed E-state index contributed by atoms with van der Waals surface area (Å²) >= 11 is 0. The van der Waals surface area contributed by atoms with E-state index >= 15 is 0 Å².